The van der Waals surface area contributed by atoms with E-state index in [-0.39, 0.29) is 49.6 Å². The van der Waals surface area contributed by atoms with Crippen LogP contribution in [0.25, 0.3) is 0 Å². The summed E-state index contributed by atoms with van der Waals surface area (Å²) in [5, 5.41) is 0. The third-order valence-corrected chi connectivity index (χ3v) is 4.16. The number of rotatable bonds is 6. The lowest BCUT2D eigenvalue weighted by molar-refractivity contribution is 0.248. The van der Waals surface area contributed by atoms with Crippen molar-refractivity contribution in [2.24, 2.45) is 0 Å². The molecule has 0 aliphatic carbocycles. The van der Waals surface area contributed by atoms with Gasteiger partial charge in [-0.05, 0) is 53.1 Å². The van der Waals surface area contributed by atoms with Crippen molar-refractivity contribution in [3.63, 3.8) is 0 Å². The van der Waals surface area contributed by atoms with Gasteiger partial charge in [0, 0.05) is 36.7 Å². The molecule has 0 amide bonds. The van der Waals surface area contributed by atoms with Crippen molar-refractivity contribution >= 4 is 66.7 Å². The number of hydrogen-bond acceptors (Lipinski definition) is 4. The van der Waals surface area contributed by atoms with Crippen LogP contribution in [0.1, 0.15) is 16.7 Å². The second kappa shape index (κ2) is 14.2. The summed E-state index contributed by atoms with van der Waals surface area (Å²) in [5.41, 5.74) is 23.4. The molecule has 0 spiro atoms. The van der Waals surface area contributed by atoms with Gasteiger partial charge in [-0.3, -0.25) is 4.90 Å². The molecule has 3 aromatic rings. The second-order valence-corrected chi connectivity index (χ2v) is 6.37. The minimum absolute atomic E-state index is 0. The normalized spacial score (nSPS) is 9.41. The smallest absolute Gasteiger partial charge is 0.0314 e. The summed E-state index contributed by atoms with van der Waals surface area (Å²) in [6, 6.07) is 24.1. The Hall–Kier alpha value is -1.82. The molecule has 0 fully saturated rings. The summed E-state index contributed by atoms with van der Waals surface area (Å²) in [6.07, 6.45) is 0. The van der Waals surface area contributed by atoms with E-state index in [2.05, 4.69) is 41.3 Å². The van der Waals surface area contributed by atoms with E-state index in [0.717, 1.165) is 36.7 Å². The van der Waals surface area contributed by atoms with Crippen LogP contribution in [-0.2, 0) is 19.6 Å². The van der Waals surface area contributed by atoms with Crippen molar-refractivity contribution in [1.29, 1.82) is 0 Å². The number of nitrogens with zero attached hydrogens (tertiary/aromatic N) is 1. The minimum atomic E-state index is 0. The van der Waals surface area contributed by atoms with Crippen molar-refractivity contribution in [3.05, 3.63) is 89.5 Å². The number of nitrogens with two attached hydrogens (primary N) is 3. The molecule has 0 saturated carbocycles. The molecule has 6 N–H and O–H groups in total. The standard InChI is InChI=1S/C21H24N4.4ClH/c22-19-7-1-16(2-8-19)13-25(14-17-3-9-20(23)10-4-17)15-18-5-11-21(24)12-6-18;;;;/h1-12H,13-15,22-24H2;4*1H. The quantitative estimate of drug-likeness (QED) is 0.419. The average Bonchev–Trinajstić information content (AvgIpc) is 2.61. The van der Waals surface area contributed by atoms with E-state index in [4.69, 9.17) is 17.2 Å². The van der Waals surface area contributed by atoms with E-state index in [1.54, 1.807) is 0 Å². The molecule has 0 heterocycles. The SMILES string of the molecule is Cl.Cl.Cl.Cl.Nc1ccc(CN(Cc2ccc(N)cc2)Cc2ccc(N)cc2)cc1. The predicted octanol–water partition coefficient (Wildman–Crippen LogP) is 5.32. The Kier molecular flexibility index (Phi) is 14.4. The lowest BCUT2D eigenvalue weighted by Crippen LogP contribution is -2.22. The largest absolute Gasteiger partial charge is 0.399 e. The maximum Gasteiger partial charge on any atom is 0.0314 e. The summed E-state index contributed by atoms with van der Waals surface area (Å²) >= 11 is 0. The zero-order valence-corrected chi connectivity index (χ0v) is 19.1. The van der Waals surface area contributed by atoms with Crippen molar-refractivity contribution < 1.29 is 0 Å². The molecule has 3 aromatic carbocycles. The molecule has 0 aromatic heterocycles. The second-order valence-electron chi connectivity index (χ2n) is 6.37. The first-order valence-corrected chi connectivity index (χ1v) is 8.34. The molecule has 160 valence electrons. The van der Waals surface area contributed by atoms with Crippen LogP contribution in [-0.4, -0.2) is 4.90 Å². The molecule has 4 nitrogen and oxygen atoms in total. The molecule has 29 heavy (non-hydrogen) atoms. The average molecular weight is 478 g/mol. The third-order valence-electron chi connectivity index (χ3n) is 4.16. The van der Waals surface area contributed by atoms with Gasteiger partial charge in [-0.1, -0.05) is 36.4 Å². The highest BCUT2D eigenvalue weighted by Crippen LogP contribution is 2.17. The molecule has 0 aliphatic heterocycles. The van der Waals surface area contributed by atoms with E-state index in [0.29, 0.717) is 0 Å². The summed E-state index contributed by atoms with van der Waals surface area (Å²) in [7, 11) is 0. The van der Waals surface area contributed by atoms with E-state index in [1.165, 1.54) is 16.7 Å². The summed E-state index contributed by atoms with van der Waals surface area (Å²) < 4.78 is 0. The predicted molar refractivity (Wildman–Crippen MR) is 135 cm³/mol. The van der Waals surface area contributed by atoms with Gasteiger partial charge in [0.1, 0.15) is 0 Å². The van der Waals surface area contributed by atoms with E-state index in [9.17, 15) is 0 Å². The monoisotopic (exact) mass is 476 g/mol. The highest BCUT2D eigenvalue weighted by atomic mass is 35.5. The van der Waals surface area contributed by atoms with Crippen molar-refractivity contribution in [1.82, 2.24) is 4.90 Å². The molecule has 0 atom stereocenters. The fourth-order valence-electron chi connectivity index (χ4n) is 2.81. The number of benzene rings is 3. The number of nitrogen functional groups attached to an aromatic ring is 3. The van der Waals surface area contributed by atoms with Gasteiger partial charge in [-0.15, -0.1) is 49.6 Å². The molecule has 0 aliphatic rings. The number of halogens is 4. The Morgan fingerprint density at radius 1 is 0.414 bits per heavy atom. The highest BCUT2D eigenvalue weighted by Gasteiger charge is 2.09. The summed E-state index contributed by atoms with van der Waals surface area (Å²) in [6.45, 7) is 2.53. The van der Waals surface area contributed by atoms with Gasteiger partial charge in [0.2, 0.25) is 0 Å². The molecule has 8 heteroatoms. The first-order valence-electron chi connectivity index (χ1n) is 8.34. The van der Waals surface area contributed by atoms with Crippen LogP contribution < -0.4 is 17.2 Å². The lowest BCUT2D eigenvalue weighted by atomic mass is 10.1. The molecule has 0 bridgehead atoms. The Balaban J connectivity index is 0. The number of hydrogen-bond donors (Lipinski definition) is 3. The van der Waals surface area contributed by atoms with Gasteiger partial charge in [-0.25, -0.2) is 0 Å². The third kappa shape index (κ3) is 9.48. The Morgan fingerprint density at radius 3 is 0.828 bits per heavy atom. The van der Waals surface area contributed by atoms with Crippen LogP contribution in [0.15, 0.2) is 72.8 Å². The zero-order valence-electron chi connectivity index (χ0n) is 15.9. The molecular weight excluding hydrogens is 450 g/mol. The fourth-order valence-corrected chi connectivity index (χ4v) is 2.81. The maximum atomic E-state index is 5.80. The van der Waals surface area contributed by atoms with Crippen molar-refractivity contribution in [2.75, 3.05) is 17.2 Å². The Morgan fingerprint density at radius 2 is 0.621 bits per heavy atom. The van der Waals surface area contributed by atoms with Crippen LogP contribution in [0.2, 0.25) is 0 Å². The maximum absolute atomic E-state index is 5.80. The van der Waals surface area contributed by atoms with E-state index in [1.807, 2.05) is 36.4 Å². The Bertz CT molecular complexity index is 697. The van der Waals surface area contributed by atoms with Crippen LogP contribution in [0.5, 0.6) is 0 Å². The topological polar surface area (TPSA) is 81.3 Å². The molecule has 0 saturated heterocycles. The first-order chi connectivity index (χ1) is 12.1. The van der Waals surface area contributed by atoms with E-state index >= 15 is 0 Å². The molecule has 3 rings (SSSR count). The fraction of sp³-hybridized carbons (Fsp3) is 0.143. The molecular formula is C21H28Cl4N4. The van der Waals surface area contributed by atoms with Crippen molar-refractivity contribution in [3.8, 4) is 0 Å². The minimum Gasteiger partial charge on any atom is -0.399 e. The summed E-state index contributed by atoms with van der Waals surface area (Å²) in [4.78, 5) is 2.39. The van der Waals surface area contributed by atoms with Gasteiger partial charge in [0.15, 0.2) is 0 Å². The van der Waals surface area contributed by atoms with Gasteiger partial charge >= 0.3 is 0 Å². The van der Waals surface area contributed by atoms with E-state index < -0.39 is 0 Å². The Labute approximate surface area is 197 Å². The van der Waals surface area contributed by atoms with Gasteiger partial charge < -0.3 is 17.2 Å². The number of anilines is 3. The lowest BCUT2D eigenvalue weighted by Gasteiger charge is -2.23. The first kappa shape index (κ1) is 29.4. The van der Waals surface area contributed by atoms with Crippen LogP contribution in [0, 0.1) is 0 Å². The van der Waals surface area contributed by atoms with Gasteiger partial charge in [0.05, 0.1) is 0 Å². The molecule has 0 radical (unpaired) electrons. The van der Waals surface area contributed by atoms with Crippen molar-refractivity contribution in [2.45, 2.75) is 19.6 Å². The van der Waals surface area contributed by atoms with Crippen LogP contribution in [0.4, 0.5) is 17.1 Å². The van der Waals surface area contributed by atoms with Gasteiger partial charge in [0.25, 0.3) is 0 Å². The molecule has 0 unspecified atom stereocenters. The highest BCUT2D eigenvalue weighted by molar-refractivity contribution is 5.86. The van der Waals surface area contributed by atoms with Gasteiger partial charge in [-0.2, -0.15) is 0 Å². The summed E-state index contributed by atoms with van der Waals surface area (Å²) in [5.74, 6) is 0. The zero-order chi connectivity index (χ0) is 17.6. The van der Waals surface area contributed by atoms with Crippen LogP contribution in [0.3, 0.4) is 0 Å². The van der Waals surface area contributed by atoms with Crippen LogP contribution >= 0.6 is 49.6 Å².